The lowest BCUT2D eigenvalue weighted by Crippen LogP contribution is -2.29. The van der Waals surface area contributed by atoms with E-state index in [4.69, 9.17) is 23.8 Å². The van der Waals surface area contributed by atoms with E-state index < -0.39 is 0 Å². The van der Waals surface area contributed by atoms with E-state index in [1.807, 2.05) is 23.1 Å². The van der Waals surface area contributed by atoms with Gasteiger partial charge in [0.25, 0.3) is 0 Å². The zero-order valence-electron chi connectivity index (χ0n) is 16.4. The molecule has 2 atom stereocenters. The molecule has 1 saturated heterocycles. The fourth-order valence-electron chi connectivity index (χ4n) is 4.68. The van der Waals surface area contributed by atoms with Gasteiger partial charge in [-0.15, -0.1) is 0 Å². The fraction of sp³-hybridized carbons (Fsp3) is 0.304. The number of hydrogen-bond donors (Lipinski definition) is 2. The number of aromatic hydroxyl groups is 1. The maximum absolute atomic E-state index is 10.6. The molecule has 1 saturated carbocycles. The first-order valence-corrected chi connectivity index (χ1v) is 11.1. The summed E-state index contributed by atoms with van der Waals surface area (Å²) in [5, 5.41) is 15.1. The summed E-state index contributed by atoms with van der Waals surface area (Å²) < 4.78 is 2.33. The van der Waals surface area contributed by atoms with Gasteiger partial charge in [-0.3, -0.25) is 4.98 Å². The normalized spacial score (nSPS) is 21.9. The number of phenols is 1. The van der Waals surface area contributed by atoms with E-state index in [0.29, 0.717) is 21.9 Å². The topological polar surface area (TPSA) is 53.3 Å². The highest BCUT2D eigenvalue weighted by Crippen LogP contribution is 2.45. The molecular weight excluding hydrogens is 416 g/mol. The molecule has 7 heteroatoms. The van der Waals surface area contributed by atoms with Gasteiger partial charge in [0.05, 0.1) is 23.5 Å². The minimum atomic E-state index is -0.153. The zero-order valence-corrected chi connectivity index (χ0v) is 18.0. The quantitative estimate of drug-likeness (QED) is 0.524. The van der Waals surface area contributed by atoms with E-state index in [1.54, 1.807) is 24.4 Å². The van der Waals surface area contributed by atoms with Crippen molar-refractivity contribution in [3.63, 3.8) is 0 Å². The molecule has 3 heterocycles. The van der Waals surface area contributed by atoms with Gasteiger partial charge < -0.3 is 19.9 Å². The van der Waals surface area contributed by atoms with E-state index in [1.165, 1.54) is 25.7 Å². The van der Waals surface area contributed by atoms with Gasteiger partial charge in [-0.1, -0.05) is 30.5 Å². The second-order valence-electron chi connectivity index (χ2n) is 7.96. The molecule has 2 N–H and O–H groups in total. The molecule has 0 unspecified atom stereocenters. The van der Waals surface area contributed by atoms with Crippen molar-refractivity contribution >= 4 is 34.6 Å². The van der Waals surface area contributed by atoms with Crippen LogP contribution in [-0.2, 0) is 0 Å². The summed E-state index contributed by atoms with van der Waals surface area (Å²) in [6.45, 7) is 0. The van der Waals surface area contributed by atoms with Crippen LogP contribution >= 0.6 is 23.8 Å². The maximum Gasteiger partial charge on any atom is 0.174 e. The molecule has 5 nitrogen and oxygen atoms in total. The Labute approximate surface area is 186 Å². The predicted octanol–water partition coefficient (Wildman–Crippen LogP) is 5.53. The Balaban J connectivity index is 1.60. The molecule has 2 fully saturated rings. The van der Waals surface area contributed by atoms with Gasteiger partial charge in [0.15, 0.2) is 5.11 Å². The molecule has 2 aromatic heterocycles. The SMILES string of the molecule is Oc1ccc(Cl)cc1N1C(=S)N[C@H](c2ccccn2)[C@@H]1c1ccn(C2CCCC2)c1. The third kappa shape index (κ3) is 3.44. The fourth-order valence-corrected chi connectivity index (χ4v) is 5.18. The van der Waals surface area contributed by atoms with Crippen molar-refractivity contribution in [1.82, 2.24) is 14.9 Å². The molecule has 1 aliphatic carbocycles. The number of pyridine rings is 1. The molecule has 5 rings (SSSR count). The van der Waals surface area contributed by atoms with Crippen LogP contribution in [-0.4, -0.2) is 19.8 Å². The zero-order chi connectivity index (χ0) is 20.7. The van der Waals surface area contributed by atoms with Crippen molar-refractivity contribution < 1.29 is 5.11 Å². The van der Waals surface area contributed by atoms with Crippen LogP contribution in [0.4, 0.5) is 5.69 Å². The molecule has 2 aliphatic rings. The molecule has 30 heavy (non-hydrogen) atoms. The van der Waals surface area contributed by atoms with E-state index in [2.05, 4.69) is 33.3 Å². The monoisotopic (exact) mass is 438 g/mol. The van der Waals surface area contributed by atoms with Crippen LogP contribution < -0.4 is 10.2 Å². The molecule has 0 radical (unpaired) electrons. The summed E-state index contributed by atoms with van der Waals surface area (Å²) in [5.74, 6) is 0.144. The van der Waals surface area contributed by atoms with Crippen molar-refractivity contribution in [1.29, 1.82) is 0 Å². The maximum atomic E-state index is 10.6. The third-order valence-corrected chi connectivity index (χ3v) is 6.67. The number of nitrogens with one attached hydrogen (secondary N) is 1. The van der Waals surface area contributed by atoms with Crippen LogP contribution in [0, 0.1) is 0 Å². The number of benzene rings is 1. The van der Waals surface area contributed by atoms with Crippen LogP contribution in [0.2, 0.25) is 5.02 Å². The highest BCUT2D eigenvalue weighted by molar-refractivity contribution is 7.80. The van der Waals surface area contributed by atoms with E-state index in [9.17, 15) is 5.11 Å². The van der Waals surface area contributed by atoms with Crippen LogP contribution in [0.15, 0.2) is 61.1 Å². The number of rotatable bonds is 4. The Kier molecular flexibility index (Phi) is 5.13. The van der Waals surface area contributed by atoms with Crippen molar-refractivity contribution in [2.24, 2.45) is 0 Å². The lowest BCUT2D eigenvalue weighted by molar-refractivity contribution is 0.472. The summed E-state index contributed by atoms with van der Waals surface area (Å²) in [5.41, 5.74) is 2.63. The second-order valence-corrected chi connectivity index (χ2v) is 8.78. The third-order valence-electron chi connectivity index (χ3n) is 6.12. The molecule has 3 aromatic rings. The van der Waals surface area contributed by atoms with Gasteiger partial charge in [-0.2, -0.15) is 0 Å². The van der Waals surface area contributed by atoms with E-state index >= 15 is 0 Å². The van der Waals surface area contributed by atoms with Gasteiger partial charge in [0.2, 0.25) is 0 Å². The average Bonchev–Trinajstić information content (AvgIpc) is 3.49. The first kappa shape index (κ1) is 19.4. The second kappa shape index (κ2) is 7.93. The smallest absolute Gasteiger partial charge is 0.174 e. The highest BCUT2D eigenvalue weighted by Gasteiger charge is 2.42. The molecule has 0 amide bonds. The molecule has 0 bridgehead atoms. The van der Waals surface area contributed by atoms with Crippen molar-refractivity contribution in [2.45, 2.75) is 43.8 Å². The minimum Gasteiger partial charge on any atom is -0.506 e. The molecule has 1 aromatic carbocycles. The largest absolute Gasteiger partial charge is 0.506 e. The number of nitrogens with zero attached hydrogens (tertiary/aromatic N) is 3. The number of hydrogen-bond acceptors (Lipinski definition) is 3. The minimum absolute atomic E-state index is 0.142. The van der Waals surface area contributed by atoms with Crippen LogP contribution in [0.1, 0.15) is 55.1 Å². The molecular formula is C23H23ClN4OS. The van der Waals surface area contributed by atoms with Gasteiger partial charge >= 0.3 is 0 Å². The number of aromatic nitrogens is 2. The Morgan fingerprint density at radius 1 is 1.13 bits per heavy atom. The average molecular weight is 439 g/mol. The summed E-state index contributed by atoms with van der Waals surface area (Å²) in [4.78, 5) is 6.54. The van der Waals surface area contributed by atoms with Crippen molar-refractivity contribution in [3.05, 3.63) is 77.3 Å². The van der Waals surface area contributed by atoms with E-state index in [0.717, 1.165) is 11.3 Å². The van der Waals surface area contributed by atoms with Crippen LogP contribution in [0.5, 0.6) is 5.75 Å². The standard InChI is InChI=1S/C23H23ClN4OS/c24-16-8-9-20(29)19(13-16)28-22(15-10-12-27(14-15)17-5-1-2-6-17)21(26-23(28)30)18-7-3-4-11-25-18/h3-4,7-14,17,21-22,29H,1-2,5-6H2,(H,26,30)/t21-,22+/m1/s1. The summed E-state index contributed by atoms with van der Waals surface area (Å²) >= 11 is 12.0. The van der Waals surface area contributed by atoms with Crippen molar-refractivity contribution in [2.75, 3.05) is 4.90 Å². The van der Waals surface area contributed by atoms with Gasteiger partial charge in [0, 0.05) is 29.7 Å². The van der Waals surface area contributed by atoms with Crippen LogP contribution in [0.3, 0.4) is 0 Å². The number of anilines is 1. The molecule has 0 spiro atoms. The number of phenolic OH excluding ortho intramolecular Hbond substituents is 1. The lowest BCUT2D eigenvalue weighted by atomic mass is 9.98. The number of thiocarbonyl (C=S) groups is 1. The highest BCUT2D eigenvalue weighted by atomic mass is 35.5. The molecule has 1 aliphatic heterocycles. The first-order valence-electron chi connectivity index (χ1n) is 10.3. The summed E-state index contributed by atoms with van der Waals surface area (Å²) in [6.07, 6.45) is 11.2. The van der Waals surface area contributed by atoms with Gasteiger partial charge in [-0.05, 0) is 67.0 Å². The Morgan fingerprint density at radius 3 is 2.73 bits per heavy atom. The van der Waals surface area contributed by atoms with Crippen LogP contribution in [0.25, 0.3) is 0 Å². The van der Waals surface area contributed by atoms with Crippen molar-refractivity contribution in [3.8, 4) is 5.75 Å². The summed E-state index contributed by atoms with van der Waals surface area (Å²) in [6, 6.07) is 13.3. The van der Waals surface area contributed by atoms with Gasteiger partial charge in [0.1, 0.15) is 5.75 Å². The first-order chi connectivity index (χ1) is 14.6. The summed E-state index contributed by atoms with van der Waals surface area (Å²) in [7, 11) is 0. The Hall–Kier alpha value is -2.57. The Bertz CT molecular complexity index is 1060. The molecule has 154 valence electrons. The Morgan fingerprint density at radius 2 is 1.97 bits per heavy atom. The van der Waals surface area contributed by atoms with Gasteiger partial charge in [-0.25, -0.2) is 0 Å². The van der Waals surface area contributed by atoms with E-state index in [-0.39, 0.29) is 17.8 Å². The lowest BCUT2D eigenvalue weighted by Gasteiger charge is -2.28. The predicted molar refractivity (Wildman–Crippen MR) is 123 cm³/mol. The number of halogens is 1.